The normalized spacial score (nSPS) is 20.4. The van der Waals surface area contributed by atoms with E-state index >= 15 is 0 Å². The first-order valence-electron chi connectivity index (χ1n) is 14.4. The highest BCUT2D eigenvalue weighted by molar-refractivity contribution is 5.99. The minimum Gasteiger partial charge on any atom is -0.478 e. The second-order valence-electron chi connectivity index (χ2n) is 12.3. The Morgan fingerprint density at radius 1 is 0.946 bits per heavy atom. The van der Waals surface area contributed by atoms with E-state index in [1.165, 1.54) is 85.9 Å². The lowest BCUT2D eigenvalue weighted by atomic mass is 9.81. The molecule has 1 saturated heterocycles. The van der Waals surface area contributed by atoms with Crippen molar-refractivity contribution < 1.29 is 9.90 Å². The number of carboxylic acid groups (broad SMARTS) is 1. The molecule has 6 rings (SSSR count). The molecular weight excluding hydrogens is 458 g/mol. The summed E-state index contributed by atoms with van der Waals surface area (Å²) < 4.78 is 2.45. The van der Waals surface area contributed by atoms with Gasteiger partial charge in [0.2, 0.25) is 0 Å². The fraction of sp³-hybridized carbons (Fsp3) is 0.531. The maximum absolute atomic E-state index is 11.9. The second-order valence-corrected chi connectivity index (χ2v) is 12.3. The van der Waals surface area contributed by atoms with Crippen LogP contribution in [0.2, 0.25) is 0 Å². The molecule has 3 aliphatic rings. The lowest BCUT2D eigenvalue weighted by molar-refractivity contribution is 0.0697. The van der Waals surface area contributed by atoms with Crippen molar-refractivity contribution in [3.63, 3.8) is 0 Å². The van der Waals surface area contributed by atoms with Crippen molar-refractivity contribution in [3.05, 3.63) is 53.6 Å². The smallest absolute Gasteiger partial charge is 0.335 e. The molecule has 1 N–H and O–H groups in total. The minimum atomic E-state index is -0.850. The van der Waals surface area contributed by atoms with Gasteiger partial charge >= 0.3 is 5.97 Å². The highest BCUT2D eigenvalue weighted by atomic mass is 16.4. The van der Waals surface area contributed by atoms with Gasteiger partial charge in [0.25, 0.3) is 0 Å². The summed E-state index contributed by atoms with van der Waals surface area (Å²) in [5, 5.41) is 11.0. The molecule has 1 aliphatic carbocycles. The molecule has 2 aromatic carbocycles. The number of carbonyl (C=O) groups is 1. The van der Waals surface area contributed by atoms with Crippen LogP contribution in [-0.4, -0.2) is 53.3 Å². The van der Waals surface area contributed by atoms with Gasteiger partial charge in [-0.15, -0.1) is 0 Å². The maximum Gasteiger partial charge on any atom is 0.335 e. The fourth-order valence-corrected chi connectivity index (χ4v) is 7.00. The van der Waals surface area contributed by atoms with Gasteiger partial charge in [0.05, 0.1) is 11.3 Å². The van der Waals surface area contributed by atoms with Gasteiger partial charge in [-0.05, 0) is 73.9 Å². The molecule has 0 bridgehead atoms. The molecule has 2 aliphatic heterocycles. The number of nitrogens with zero attached hydrogens (tertiary/aromatic N) is 3. The zero-order chi connectivity index (χ0) is 25.6. The predicted molar refractivity (Wildman–Crippen MR) is 152 cm³/mol. The Morgan fingerprint density at radius 3 is 2.46 bits per heavy atom. The van der Waals surface area contributed by atoms with Crippen LogP contribution in [-0.2, 0) is 6.54 Å². The Balaban J connectivity index is 1.40. The van der Waals surface area contributed by atoms with Gasteiger partial charge < -0.3 is 19.5 Å². The zero-order valence-electron chi connectivity index (χ0n) is 22.5. The molecule has 5 heteroatoms. The third kappa shape index (κ3) is 4.67. The third-order valence-electron chi connectivity index (χ3n) is 9.35. The van der Waals surface area contributed by atoms with Gasteiger partial charge in [-0.1, -0.05) is 57.4 Å². The predicted octanol–water partition coefficient (Wildman–Crippen LogP) is 7.00. The van der Waals surface area contributed by atoms with Crippen LogP contribution in [0.15, 0.2) is 42.5 Å². The molecule has 3 heterocycles. The summed E-state index contributed by atoms with van der Waals surface area (Å²) in [6, 6.07) is 14.8. The SMILES string of the molecule is CC1(C)CCN(CCN2CCn3c(c(C4CCCCC4)c4ccc(C(=O)O)cc43)-c3ccccc32)CC1. The summed E-state index contributed by atoms with van der Waals surface area (Å²) in [6.07, 6.45) is 8.89. The fourth-order valence-electron chi connectivity index (χ4n) is 7.00. The van der Waals surface area contributed by atoms with Crippen LogP contribution in [0, 0.1) is 5.41 Å². The van der Waals surface area contributed by atoms with E-state index in [-0.39, 0.29) is 0 Å². The molecule has 0 spiro atoms. The van der Waals surface area contributed by atoms with Crippen LogP contribution in [0.5, 0.6) is 0 Å². The summed E-state index contributed by atoms with van der Waals surface area (Å²) in [7, 11) is 0. The molecule has 3 aromatic rings. The molecule has 1 aromatic heterocycles. The molecule has 0 radical (unpaired) electrons. The van der Waals surface area contributed by atoms with E-state index in [0.29, 0.717) is 16.9 Å². The second kappa shape index (κ2) is 9.83. The van der Waals surface area contributed by atoms with Crippen LogP contribution in [0.25, 0.3) is 22.2 Å². The molecule has 0 atom stereocenters. The van der Waals surface area contributed by atoms with Crippen molar-refractivity contribution in [2.45, 2.75) is 71.3 Å². The number of hydrogen-bond acceptors (Lipinski definition) is 3. The molecule has 196 valence electrons. The topological polar surface area (TPSA) is 48.7 Å². The monoisotopic (exact) mass is 499 g/mol. The Kier molecular flexibility index (Phi) is 6.52. The van der Waals surface area contributed by atoms with Crippen molar-refractivity contribution in [1.82, 2.24) is 9.47 Å². The number of likely N-dealkylation sites (tertiary alicyclic amines) is 1. The van der Waals surface area contributed by atoms with Crippen molar-refractivity contribution in [1.29, 1.82) is 0 Å². The molecular formula is C32H41N3O2. The van der Waals surface area contributed by atoms with Gasteiger partial charge in [0, 0.05) is 48.3 Å². The number of carboxylic acids is 1. The van der Waals surface area contributed by atoms with Gasteiger partial charge in [-0.3, -0.25) is 0 Å². The number of para-hydroxylation sites is 1. The van der Waals surface area contributed by atoms with E-state index in [4.69, 9.17) is 0 Å². The Bertz CT molecular complexity index is 1290. The van der Waals surface area contributed by atoms with E-state index in [1.807, 2.05) is 6.07 Å². The van der Waals surface area contributed by atoms with Crippen molar-refractivity contribution in [3.8, 4) is 11.3 Å². The average Bonchev–Trinajstić information content (AvgIpc) is 3.14. The molecule has 37 heavy (non-hydrogen) atoms. The lowest BCUT2D eigenvalue weighted by Gasteiger charge is -2.38. The summed E-state index contributed by atoms with van der Waals surface area (Å²) in [5.41, 5.74) is 7.38. The van der Waals surface area contributed by atoms with Crippen LogP contribution < -0.4 is 4.90 Å². The van der Waals surface area contributed by atoms with E-state index in [1.54, 1.807) is 6.07 Å². The van der Waals surface area contributed by atoms with Gasteiger partial charge in [-0.2, -0.15) is 0 Å². The van der Waals surface area contributed by atoms with Gasteiger partial charge in [0.1, 0.15) is 0 Å². The lowest BCUT2D eigenvalue weighted by Crippen LogP contribution is -2.42. The summed E-state index contributed by atoms with van der Waals surface area (Å²) in [4.78, 5) is 17.1. The number of piperidine rings is 1. The zero-order valence-corrected chi connectivity index (χ0v) is 22.5. The number of hydrogen-bond donors (Lipinski definition) is 1. The minimum absolute atomic E-state index is 0.380. The Morgan fingerprint density at radius 2 is 1.70 bits per heavy atom. The van der Waals surface area contributed by atoms with E-state index < -0.39 is 5.97 Å². The maximum atomic E-state index is 11.9. The molecule has 0 unspecified atom stereocenters. The highest BCUT2D eigenvalue weighted by Gasteiger charge is 2.31. The average molecular weight is 500 g/mol. The molecule has 2 fully saturated rings. The van der Waals surface area contributed by atoms with Gasteiger partial charge in [-0.25, -0.2) is 4.79 Å². The summed E-state index contributed by atoms with van der Waals surface area (Å²) in [6.45, 7) is 11.1. The molecule has 5 nitrogen and oxygen atoms in total. The van der Waals surface area contributed by atoms with Gasteiger partial charge in [0.15, 0.2) is 0 Å². The summed E-state index contributed by atoms with van der Waals surface area (Å²) >= 11 is 0. The van der Waals surface area contributed by atoms with Crippen molar-refractivity contribution in [2.24, 2.45) is 5.41 Å². The van der Waals surface area contributed by atoms with E-state index in [0.717, 1.165) is 31.7 Å². The first-order chi connectivity index (χ1) is 17.9. The number of benzene rings is 2. The van der Waals surface area contributed by atoms with Crippen LogP contribution in [0.4, 0.5) is 5.69 Å². The highest BCUT2D eigenvalue weighted by Crippen LogP contribution is 2.47. The number of fused-ring (bicyclic) bond motifs is 5. The first kappa shape index (κ1) is 24.5. The standard InChI is InChI=1S/C32H41N3O2/c1-32(2)14-16-33(17-15-32)18-19-34-20-21-35-28-22-24(31(36)37)12-13-25(28)29(23-8-4-3-5-9-23)30(35)26-10-6-7-11-27(26)34/h6-7,10-13,22-23H,3-5,8-9,14-21H2,1-2H3,(H,36,37). The Hall–Kier alpha value is -2.79. The van der Waals surface area contributed by atoms with Crippen LogP contribution in [0.3, 0.4) is 0 Å². The van der Waals surface area contributed by atoms with Crippen molar-refractivity contribution in [2.75, 3.05) is 37.6 Å². The van der Waals surface area contributed by atoms with Crippen LogP contribution in [0.1, 0.15) is 80.6 Å². The van der Waals surface area contributed by atoms with Crippen molar-refractivity contribution >= 4 is 22.6 Å². The summed E-state index contributed by atoms with van der Waals surface area (Å²) in [5.74, 6) is -0.309. The largest absolute Gasteiger partial charge is 0.478 e. The third-order valence-corrected chi connectivity index (χ3v) is 9.35. The first-order valence-corrected chi connectivity index (χ1v) is 14.4. The van der Waals surface area contributed by atoms with E-state index in [9.17, 15) is 9.90 Å². The molecule has 0 amide bonds. The van der Waals surface area contributed by atoms with Crippen LogP contribution >= 0.6 is 0 Å². The molecule has 1 saturated carbocycles. The quantitative estimate of drug-likeness (QED) is 0.411. The number of aromatic carboxylic acids is 1. The Labute approximate surface area is 221 Å². The number of anilines is 1. The number of aromatic nitrogens is 1. The number of rotatable bonds is 5. The van der Waals surface area contributed by atoms with E-state index in [2.05, 4.69) is 58.5 Å².